The van der Waals surface area contributed by atoms with Crippen molar-refractivity contribution in [3.05, 3.63) is 28.8 Å². The number of nitrogens with one attached hydrogen (secondary N) is 1. The molecule has 0 fully saturated rings. The predicted octanol–water partition coefficient (Wildman–Crippen LogP) is 3.28. The van der Waals surface area contributed by atoms with E-state index in [2.05, 4.69) is 4.72 Å². The fourth-order valence-electron chi connectivity index (χ4n) is 1.77. The topological polar surface area (TPSA) is 83.5 Å². The van der Waals surface area contributed by atoms with E-state index >= 15 is 0 Å². The van der Waals surface area contributed by atoms with Gasteiger partial charge in [-0.2, -0.15) is 13.2 Å². The number of benzene rings is 1. The van der Waals surface area contributed by atoms with Crippen LogP contribution in [-0.4, -0.2) is 25.0 Å². The molecule has 0 atom stereocenters. The van der Waals surface area contributed by atoms with E-state index in [0.717, 1.165) is 6.07 Å². The summed E-state index contributed by atoms with van der Waals surface area (Å²) >= 11 is 5.71. The molecular formula is C13H15ClF3NO4S. The molecule has 1 aromatic carbocycles. The third-order valence-corrected chi connectivity index (χ3v) is 5.10. The number of carboxylic acid groups (broad SMARTS) is 1. The number of carbonyl (C=O) groups is 1. The number of alkyl halides is 3. The summed E-state index contributed by atoms with van der Waals surface area (Å²) in [6.45, 7) is 2.85. The smallest absolute Gasteiger partial charge is 0.416 e. The van der Waals surface area contributed by atoms with Crippen molar-refractivity contribution in [3.63, 3.8) is 0 Å². The molecule has 23 heavy (non-hydrogen) atoms. The summed E-state index contributed by atoms with van der Waals surface area (Å²) in [5.41, 5.74) is -2.32. The summed E-state index contributed by atoms with van der Waals surface area (Å²) < 4.78 is 64.9. The highest BCUT2D eigenvalue weighted by Crippen LogP contribution is 2.33. The second-order valence-corrected chi connectivity index (χ2v) is 7.58. The lowest BCUT2D eigenvalue weighted by Gasteiger charge is -2.25. The van der Waals surface area contributed by atoms with Crippen LogP contribution >= 0.6 is 11.6 Å². The standard InChI is InChI=1S/C13H15ClF3NO4S/c1-12(2,6-5-11(19)20)18-23(21,22)10-7-8(13(15,16)17)3-4-9(10)14/h3-4,7,18H,5-6H2,1-2H3,(H,19,20). The van der Waals surface area contributed by atoms with Gasteiger partial charge in [-0.1, -0.05) is 11.6 Å². The van der Waals surface area contributed by atoms with Gasteiger partial charge < -0.3 is 5.11 Å². The number of halogens is 4. The molecule has 0 radical (unpaired) electrons. The summed E-state index contributed by atoms with van der Waals surface area (Å²) in [5, 5.41) is 8.28. The first-order valence-corrected chi connectivity index (χ1v) is 8.23. The lowest BCUT2D eigenvalue weighted by molar-refractivity contribution is -0.138. The second kappa shape index (κ2) is 6.66. The molecule has 0 heterocycles. The van der Waals surface area contributed by atoms with Crippen LogP contribution in [0.3, 0.4) is 0 Å². The van der Waals surface area contributed by atoms with Gasteiger partial charge in [-0.15, -0.1) is 0 Å². The van der Waals surface area contributed by atoms with Gasteiger partial charge in [-0.05, 0) is 38.5 Å². The van der Waals surface area contributed by atoms with Gasteiger partial charge in [-0.3, -0.25) is 4.79 Å². The van der Waals surface area contributed by atoms with Gasteiger partial charge in [0.05, 0.1) is 10.6 Å². The van der Waals surface area contributed by atoms with Crippen molar-refractivity contribution in [3.8, 4) is 0 Å². The monoisotopic (exact) mass is 373 g/mol. The van der Waals surface area contributed by atoms with E-state index in [1.807, 2.05) is 0 Å². The molecule has 2 N–H and O–H groups in total. The molecular weight excluding hydrogens is 359 g/mol. The molecule has 5 nitrogen and oxygen atoms in total. The highest BCUT2D eigenvalue weighted by atomic mass is 35.5. The molecule has 0 spiro atoms. The fourth-order valence-corrected chi connectivity index (χ4v) is 3.74. The Morgan fingerprint density at radius 1 is 1.30 bits per heavy atom. The maximum atomic E-state index is 12.7. The predicted molar refractivity (Wildman–Crippen MR) is 77.7 cm³/mol. The maximum absolute atomic E-state index is 12.7. The number of rotatable bonds is 6. The molecule has 10 heteroatoms. The first-order chi connectivity index (χ1) is 10.2. The van der Waals surface area contributed by atoms with Crippen LogP contribution in [0.4, 0.5) is 13.2 Å². The normalized spacial score (nSPS) is 13.1. The lowest BCUT2D eigenvalue weighted by Crippen LogP contribution is -2.43. The maximum Gasteiger partial charge on any atom is 0.416 e. The molecule has 0 aliphatic heterocycles. The Labute approximate surface area is 136 Å². The largest absolute Gasteiger partial charge is 0.481 e. The second-order valence-electron chi connectivity index (χ2n) is 5.53. The average Bonchev–Trinajstić information content (AvgIpc) is 2.34. The Morgan fingerprint density at radius 3 is 2.35 bits per heavy atom. The molecule has 1 aromatic rings. The Morgan fingerprint density at radius 2 is 1.87 bits per heavy atom. The summed E-state index contributed by atoms with van der Waals surface area (Å²) in [6, 6.07) is 1.97. The molecule has 0 saturated heterocycles. The average molecular weight is 374 g/mol. The SMILES string of the molecule is CC(C)(CCC(=O)O)NS(=O)(=O)c1cc(C(F)(F)F)ccc1Cl. The highest BCUT2D eigenvalue weighted by molar-refractivity contribution is 7.89. The van der Waals surface area contributed by atoms with Crippen molar-refractivity contribution < 1.29 is 31.5 Å². The minimum absolute atomic E-state index is 0.0435. The molecule has 0 unspecified atom stereocenters. The quantitative estimate of drug-likeness (QED) is 0.801. The lowest BCUT2D eigenvalue weighted by atomic mass is 10.0. The van der Waals surface area contributed by atoms with E-state index in [1.54, 1.807) is 0 Å². The molecule has 0 aliphatic rings. The number of hydrogen-bond donors (Lipinski definition) is 2. The summed E-state index contributed by atoms with van der Waals surface area (Å²) in [6.07, 6.45) is -5.06. The summed E-state index contributed by atoms with van der Waals surface area (Å²) in [5.74, 6) is -1.12. The number of carboxylic acids is 1. The third-order valence-electron chi connectivity index (χ3n) is 2.92. The number of hydrogen-bond acceptors (Lipinski definition) is 3. The van der Waals surface area contributed by atoms with Crippen LogP contribution in [0.2, 0.25) is 5.02 Å². The molecule has 1 rings (SSSR count). The first-order valence-electron chi connectivity index (χ1n) is 6.37. The van der Waals surface area contributed by atoms with Crippen molar-refractivity contribution in [1.82, 2.24) is 4.72 Å². The Bertz CT molecular complexity index is 702. The fraction of sp³-hybridized carbons (Fsp3) is 0.462. The highest BCUT2D eigenvalue weighted by Gasteiger charge is 2.34. The van der Waals surface area contributed by atoms with Crippen LogP contribution < -0.4 is 4.72 Å². The van der Waals surface area contributed by atoms with Crippen molar-refractivity contribution in [2.45, 2.75) is 43.3 Å². The van der Waals surface area contributed by atoms with E-state index in [0.29, 0.717) is 12.1 Å². The Kier molecular flexibility index (Phi) is 5.71. The van der Waals surface area contributed by atoms with Crippen LogP contribution in [0.1, 0.15) is 32.3 Å². The van der Waals surface area contributed by atoms with Gasteiger partial charge in [0, 0.05) is 12.0 Å². The summed E-state index contributed by atoms with van der Waals surface area (Å²) in [7, 11) is -4.35. The van der Waals surface area contributed by atoms with Gasteiger partial charge in [0.25, 0.3) is 0 Å². The van der Waals surface area contributed by atoms with Crippen molar-refractivity contribution >= 4 is 27.6 Å². The molecule has 0 bridgehead atoms. The van der Waals surface area contributed by atoms with Crippen molar-refractivity contribution in [2.24, 2.45) is 0 Å². The zero-order valence-corrected chi connectivity index (χ0v) is 13.8. The number of sulfonamides is 1. The molecule has 0 saturated carbocycles. The Hall–Kier alpha value is -1.32. The van der Waals surface area contributed by atoms with Gasteiger partial charge in [0.2, 0.25) is 10.0 Å². The zero-order chi connectivity index (χ0) is 18.1. The number of aliphatic carboxylic acids is 1. The first kappa shape index (κ1) is 19.7. The van der Waals surface area contributed by atoms with E-state index in [1.165, 1.54) is 13.8 Å². The van der Waals surface area contributed by atoms with E-state index in [4.69, 9.17) is 16.7 Å². The van der Waals surface area contributed by atoms with Crippen LogP contribution in [-0.2, 0) is 21.0 Å². The molecule has 0 aliphatic carbocycles. The third kappa shape index (κ3) is 5.67. The Balaban J connectivity index is 3.16. The molecule has 0 amide bonds. The van der Waals surface area contributed by atoms with Crippen molar-refractivity contribution in [2.75, 3.05) is 0 Å². The van der Waals surface area contributed by atoms with E-state index < -0.39 is 38.2 Å². The summed E-state index contributed by atoms with van der Waals surface area (Å²) in [4.78, 5) is 9.86. The van der Waals surface area contributed by atoms with Gasteiger partial charge in [-0.25, -0.2) is 13.1 Å². The van der Waals surface area contributed by atoms with Crippen LogP contribution in [0, 0.1) is 0 Å². The van der Waals surface area contributed by atoms with Gasteiger partial charge in [0.1, 0.15) is 4.90 Å². The minimum atomic E-state index is -4.71. The zero-order valence-electron chi connectivity index (χ0n) is 12.2. The van der Waals surface area contributed by atoms with E-state index in [-0.39, 0.29) is 17.9 Å². The van der Waals surface area contributed by atoms with E-state index in [9.17, 15) is 26.4 Å². The van der Waals surface area contributed by atoms with Crippen LogP contribution in [0.5, 0.6) is 0 Å². The minimum Gasteiger partial charge on any atom is -0.481 e. The molecule has 0 aromatic heterocycles. The van der Waals surface area contributed by atoms with Crippen LogP contribution in [0.25, 0.3) is 0 Å². The van der Waals surface area contributed by atoms with Crippen molar-refractivity contribution in [1.29, 1.82) is 0 Å². The van der Waals surface area contributed by atoms with Gasteiger partial charge >= 0.3 is 12.1 Å². The molecule has 130 valence electrons. The van der Waals surface area contributed by atoms with Crippen LogP contribution in [0.15, 0.2) is 23.1 Å². The van der Waals surface area contributed by atoms with Gasteiger partial charge in [0.15, 0.2) is 0 Å².